The van der Waals surface area contributed by atoms with E-state index in [1.807, 2.05) is 0 Å². The highest BCUT2D eigenvalue weighted by atomic mass is 16.5. The molecular formula is C5H9NO2. The average Bonchev–Trinajstić information content (AvgIpc) is 2.19. The highest BCUT2D eigenvalue weighted by Crippen LogP contribution is 1.99. The molecule has 46 valence electrons. The summed E-state index contributed by atoms with van der Waals surface area (Å²) < 4.78 is 4.66. The van der Waals surface area contributed by atoms with E-state index in [4.69, 9.17) is 0 Å². The van der Waals surface area contributed by atoms with Gasteiger partial charge in [-0.05, 0) is 13.0 Å². The maximum absolute atomic E-state index is 9.71. The van der Waals surface area contributed by atoms with E-state index in [2.05, 4.69) is 10.1 Å². The van der Waals surface area contributed by atoms with E-state index >= 15 is 0 Å². The summed E-state index contributed by atoms with van der Waals surface area (Å²) >= 11 is 0. The molecule has 1 aliphatic rings. The average molecular weight is 115 g/mol. The van der Waals surface area contributed by atoms with Crippen molar-refractivity contribution in [2.24, 2.45) is 0 Å². The van der Waals surface area contributed by atoms with E-state index in [0.29, 0.717) is 6.47 Å². The summed E-state index contributed by atoms with van der Waals surface area (Å²) in [6.07, 6.45) is 1.09. The molecule has 1 heterocycles. The van der Waals surface area contributed by atoms with Crippen molar-refractivity contribution in [1.82, 2.24) is 5.32 Å². The summed E-state index contributed by atoms with van der Waals surface area (Å²) in [5.74, 6) is 0. The van der Waals surface area contributed by atoms with Gasteiger partial charge in [0.2, 0.25) is 0 Å². The van der Waals surface area contributed by atoms with Gasteiger partial charge in [0.25, 0.3) is 6.47 Å². The van der Waals surface area contributed by atoms with E-state index in [0.717, 1.165) is 19.5 Å². The van der Waals surface area contributed by atoms with Crippen molar-refractivity contribution in [1.29, 1.82) is 0 Å². The second-order valence-corrected chi connectivity index (χ2v) is 1.85. The Morgan fingerprint density at radius 3 is 3.12 bits per heavy atom. The van der Waals surface area contributed by atoms with E-state index in [1.165, 1.54) is 0 Å². The molecule has 1 aliphatic heterocycles. The van der Waals surface area contributed by atoms with Gasteiger partial charge >= 0.3 is 0 Å². The van der Waals surface area contributed by atoms with Crippen LogP contribution in [0.2, 0.25) is 0 Å². The molecule has 0 aromatic carbocycles. The van der Waals surface area contributed by atoms with Crippen LogP contribution >= 0.6 is 0 Å². The van der Waals surface area contributed by atoms with Crippen molar-refractivity contribution >= 4 is 6.47 Å². The largest absolute Gasteiger partial charge is 0.463 e. The summed E-state index contributed by atoms with van der Waals surface area (Å²) in [4.78, 5) is 9.71. The maximum atomic E-state index is 9.71. The Labute approximate surface area is 48.0 Å². The van der Waals surface area contributed by atoms with Crippen LogP contribution in [0.5, 0.6) is 0 Å². The number of carbonyl (C=O) groups excluding carboxylic acids is 1. The van der Waals surface area contributed by atoms with Gasteiger partial charge in [0.1, 0.15) is 6.10 Å². The van der Waals surface area contributed by atoms with Crippen molar-refractivity contribution in [2.45, 2.75) is 12.5 Å². The molecule has 8 heavy (non-hydrogen) atoms. The fourth-order valence-corrected chi connectivity index (χ4v) is 0.823. The number of hydrogen-bond acceptors (Lipinski definition) is 3. The molecule has 0 aromatic rings. The van der Waals surface area contributed by atoms with Crippen LogP contribution in [0.3, 0.4) is 0 Å². The molecular weight excluding hydrogens is 106 g/mol. The molecule has 0 amide bonds. The molecule has 0 unspecified atom stereocenters. The molecule has 1 fully saturated rings. The topological polar surface area (TPSA) is 38.3 Å². The molecule has 1 atom stereocenters. The van der Waals surface area contributed by atoms with Gasteiger partial charge in [-0.25, -0.2) is 0 Å². The quantitative estimate of drug-likeness (QED) is 0.494. The SMILES string of the molecule is O=CO[C@H]1CCNC1. The zero-order valence-corrected chi connectivity index (χ0v) is 4.59. The minimum Gasteiger partial charge on any atom is -0.463 e. The molecule has 1 rings (SSSR count). The second kappa shape index (κ2) is 2.67. The molecule has 1 saturated heterocycles. The first kappa shape index (κ1) is 5.56. The first-order valence-electron chi connectivity index (χ1n) is 2.73. The highest BCUT2D eigenvalue weighted by Gasteiger charge is 2.13. The van der Waals surface area contributed by atoms with Gasteiger partial charge < -0.3 is 10.1 Å². The molecule has 0 saturated carbocycles. The minimum atomic E-state index is 0.132. The van der Waals surface area contributed by atoms with E-state index < -0.39 is 0 Å². The van der Waals surface area contributed by atoms with Crippen molar-refractivity contribution < 1.29 is 9.53 Å². The predicted octanol–water partition coefficient (Wildman–Crippen LogP) is -0.479. The molecule has 3 nitrogen and oxygen atoms in total. The Kier molecular flexibility index (Phi) is 1.86. The summed E-state index contributed by atoms with van der Waals surface area (Å²) in [5.41, 5.74) is 0. The van der Waals surface area contributed by atoms with Crippen molar-refractivity contribution in [3.8, 4) is 0 Å². The Morgan fingerprint density at radius 2 is 2.62 bits per heavy atom. The molecule has 3 heteroatoms. The van der Waals surface area contributed by atoms with Gasteiger partial charge in [-0.15, -0.1) is 0 Å². The fraction of sp³-hybridized carbons (Fsp3) is 0.800. The van der Waals surface area contributed by atoms with Gasteiger partial charge in [0.15, 0.2) is 0 Å². The normalized spacial score (nSPS) is 27.8. The van der Waals surface area contributed by atoms with Crippen LogP contribution in [0.25, 0.3) is 0 Å². The lowest BCUT2D eigenvalue weighted by Gasteiger charge is -2.02. The first-order chi connectivity index (χ1) is 3.93. The van der Waals surface area contributed by atoms with Crippen LogP contribution in [0, 0.1) is 0 Å². The Bertz CT molecular complexity index is 78.5. The van der Waals surface area contributed by atoms with Crippen LogP contribution in [-0.2, 0) is 9.53 Å². The van der Waals surface area contributed by atoms with Gasteiger partial charge in [-0.2, -0.15) is 0 Å². The standard InChI is InChI=1S/C5H9NO2/c7-4-8-5-1-2-6-3-5/h4-6H,1-3H2/t5-/m0/s1. The monoisotopic (exact) mass is 115 g/mol. The summed E-state index contributed by atoms with van der Waals surface area (Å²) in [7, 11) is 0. The Balaban J connectivity index is 2.14. The summed E-state index contributed by atoms with van der Waals surface area (Å²) in [6.45, 7) is 2.30. The van der Waals surface area contributed by atoms with E-state index in [9.17, 15) is 4.79 Å². The Morgan fingerprint density at radius 1 is 1.75 bits per heavy atom. The van der Waals surface area contributed by atoms with Crippen molar-refractivity contribution in [3.63, 3.8) is 0 Å². The molecule has 0 bridgehead atoms. The van der Waals surface area contributed by atoms with Gasteiger partial charge in [0.05, 0.1) is 0 Å². The third-order valence-corrected chi connectivity index (χ3v) is 1.26. The van der Waals surface area contributed by atoms with Crippen LogP contribution in [0.4, 0.5) is 0 Å². The fourth-order valence-electron chi connectivity index (χ4n) is 0.823. The zero-order chi connectivity index (χ0) is 5.82. The number of ether oxygens (including phenoxy) is 1. The van der Waals surface area contributed by atoms with Crippen LogP contribution in [0.1, 0.15) is 6.42 Å². The van der Waals surface area contributed by atoms with Crippen molar-refractivity contribution in [3.05, 3.63) is 0 Å². The third kappa shape index (κ3) is 1.20. The summed E-state index contributed by atoms with van der Waals surface area (Å²) in [6, 6.07) is 0. The molecule has 0 radical (unpaired) electrons. The Hall–Kier alpha value is -0.570. The predicted molar refractivity (Wildman–Crippen MR) is 28.4 cm³/mol. The van der Waals surface area contributed by atoms with E-state index in [-0.39, 0.29) is 6.10 Å². The molecule has 0 spiro atoms. The highest BCUT2D eigenvalue weighted by molar-refractivity contribution is 5.37. The lowest BCUT2D eigenvalue weighted by atomic mass is 10.3. The van der Waals surface area contributed by atoms with E-state index in [1.54, 1.807) is 0 Å². The van der Waals surface area contributed by atoms with Gasteiger partial charge in [-0.3, -0.25) is 4.79 Å². The lowest BCUT2D eigenvalue weighted by Crippen LogP contribution is -2.15. The number of carbonyl (C=O) groups is 1. The van der Waals surface area contributed by atoms with Gasteiger partial charge in [0, 0.05) is 6.54 Å². The zero-order valence-electron chi connectivity index (χ0n) is 4.59. The number of hydrogen-bond donors (Lipinski definition) is 1. The van der Waals surface area contributed by atoms with Crippen LogP contribution < -0.4 is 5.32 Å². The third-order valence-electron chi connectivity index (χ3n) is 1.26. The molecule has 0 aromatic heterocycles. The molecule has 1 N–H and O–H groups in total. The lowest BCUT2D eigenvalue weighted by molar-refractivity contribution is -0.132. The van der Waals surface area contributed by atoms with Crippen LogP contribution in [-0.4, -0.2) is 25.7 Å². The smallest absolute Gasteiger partial charge is 0.293 e. The molecule has 0 aliphatic carbocycles. The number of rotatable bonds is 2. The van der Waals surface area contributed by atoms with Crippen LogP contribution in [0.15, 0.2) is 0 Å². The second-order valence-electron chi connectivity index (χ2n) is 1.85. The minimum absolute atomic E-state index is 0.132. The number of nitrogens with one attached hydrogen (secondary N) is 1. The summed E-state index contributed by atoms with van der Waals surface area (Å²) in [5, 5.41) is 3.07. The maximum Gasteiger partial charge on any atom is 0.293 e. The van der Waals surface area contributed by atoms with Crippen molar-refractivity contribution in [2.75, 3.05) is 13.1 Å². The van der Waals surface area contributed by atoms with Gasteiger partial charge in [-0.1, -0.05) is 0 Å². The first-order valence-corrected chi connectivity index (χ1v) is 2.73.